The molecular formula is C21H40N4O4. The summed E-state index contributed by atoms with van der Waals surface area (Å²) in [6.07, 6.45) is 3.97. The van der Waals surface area contributed by atoms with Crippen molar-refractivity contribution in [1.29, 1.82) is 0 Å². The van der Waals surface area contributed by atoms with Gasteiger partial charge in [-0.05, 0) is 44.7 Å². The number of nitrogens with zero attached hydrogens (tertiary/aromatic N) is 3. The molecule has 2 atom stereocenters. The van der Waals surface area contributed by atoms with Crippen LogP contribution in [0.5, 0.6) is 0 Å². The van der Waals surface area contributed by atoms with Gasteiger partial charge in [-0.2, -0.15) is 0 Å². The van der Waals surface area contributed by atoms with E-state index in [1.165, 1.54) is 22.6 Å². The van der Waals surface area contributed by atoms with Crippen molar-refractivity contribution in [3.8, 4) is 0 Å². The lowest BCUT2D eigenvalue weighted by Crippen LogP contribution is -2.55. The molecule has 1 aliphatic rings. The summed E-state index contributed by atoms with van der Waals surface area (Å²) in [6.45, 7) is 9.48. The summed E-state index contributed by atoms with van der Waals surface area (Å²) in [4.78, 5) is 42.7. The van der Waals surface area contributed by atoms with Crippen molar-refractivity contribution in [2.75, 3.05) is 46.9 Å². The second kappa shape index (κ2) is 12.8. The van der Waals surface area contributed by atoms with E-state index in [4.69, 9.17) is 10.5 Å². The fourth-order valence-corrected chi connectivity index (χ4v) is 3.61. The highest BCUT2D eigenvalue weighted by Gasteiger charge is 2.34. The van der Waals surface area contributed by atoms with Crippen LogP contribution < -0.4 is 5.73 Å². The Morgan fingerprint density at radius 1 is 1.07 bits per heavy atom. The third-order valence-electron chi connectivity index (χ3n) is 5.47. The first kappa shape index (κ1) is 25.4. The highest BCUT2D eigenvalue weighted by molar-refractivity contribution is 5.91. The van der Waals surface area contributed by atoms with Crippen molar-refractivity contribution in [2.45, 2.75) is 65.0 Å². The van der Waals surface area contributed by atoms with Crippen LogP contribution in [0.1, 0.15) is 52.9 Å². The smallest absolute Gasteiger partial charge is 0.248 e. The molecule has 3 amide bonds. The monoisotopic (exact) mass is 412 g/mol. The molecule has 0 bridgehead atoms. The second-order valence-corrected chi connectivity index (χ2v) is 8.39. The molecule has 0 spiro atoms. The van der Waals surface area contributed by atoms with Gasteiger partial charge in [0.25, 0.3) is 0 Å². The lowest BCUT2D eigenvalue weighted by Gasteiger charge is -2.34. The summed E-state index contributed by atoms with van der Waals surface area (Å²) in [5.74, 6) is -0.757. The predicted molar refractivity (Wildman–Crippen MR) is 113 cm³/mol. The van der Waals surface area contributed by atoms with E-state index in [1.807, 2.05) is 20.8 Å². The van der Waals surface area contributed by atoms with E-state index >= 15 is 0 Å². The standard InChI is InChI=1S/C21H40N4O4/c1-6-9-19(26)23(4)18(15-29-13-12-25-10-7-8-11-25)21(28)24(5)17(20(22)27)14-16(2)3/h16-18H,6-15H2,1-5H3,(H2,22,27)/t17-,18+/m0/s1. The van der Waals surface area contributed by atoms with Crippen LogP contribution in [0.15, 0.2) is 0 Å². The van der Waals surface area contributed by atoms with E-state index in [0.29, 0.717) is 25.9 Å². The third-order valence-corrected chi connectivity index (χ3v) is 5.47. The molecule has 0 aromatic rings. The molecule has 0 aromatic carbocycles. The van der Waals surface area contributed by atoms with Gasteiger partial charge in [-0.15, -0.1) is 0 Å². The van der Waals surface area contributed by atoms with Crippen LogP contribution in [0, 0.1) is 5.92 Å². The predicted octanol–water partition coefficient (Wildman–Crippen LogP) is 1.08. The van der Waals surface area contributed by atoms with Gasteiger partial charge in [0.1, 0.15) is 12.1 Å². The van der Waals surface area contributed by atoms with Crippen LogP contribution >= 0.6 is 0 Å². The minimum absolute atomic E-state index is 0.107. The van der Waals surface area contributed by atoms with Crippen LogP contribution in [0.4, 0.5) is 0 Å². The van der Waals surface area contributed by atoms with E-state index in [-0.39, 0.29) is 24.3 Å². The largest absolute Gasteiger partial charge is 0.377 e. The summed E-state index contributed by atoms with van der Waals surface area (Å²) in [5, 5.41) is 0. The van der Waals surface area contributed by atoms with Gasteiger partial charge in [0.15, 0.2) is 0 Å². The average molecular weight is 413 g/mol. The van der Waals surface area contributed by atoms with Crippen molar-refractivity contribution in [3.63, 3.8) is 0 Å². The molecule has 1 saturated heterocycles. The number of nitrogens with two attached hydrogens (primary N) is 1. The van der Waals surface area contributed by atoms with Gasteiger partial charge < -0.3 is 25.2 Å². The SMILES string of the molecule is CCCC(=O)N(C)[C@H](COCCN1CCCC1)C(=O)N(C)[C@@H](CC(C)C)C(N)=O. The first-order chi connectivity index (χ1) is 13.7. The summed E-state index contributed by atoms with van der Waals surface area (Å²) in [5.41, 5.74) is 5.55. The molecule has 0 radical (unpaired) electrons. The van der Waals surface area contributed by atoms with Gasteiger partial charge in [0.05, 0.1) is 13.2 Å². The van der Waals surface area contributed by atoms with Crippen molar-refractivity contribution < 1.29 is 19.1 Å². The Labute approximate surface area is 175 Å². The summed E-state index contributed by atoms with van der Waals surface area (Å²) in [6, 6.07) is -1.48. The van der Waals surface area contributed by atoms with Crippen LogP contribution in [0.3, 0.4) is 0 Å². The fraction of sp³-hybridized carbons (Fsp3) is 0.857. The molecule has 1 aliphatic heterocycles. The van der Waals surface area contributed by atoms with Gasteiger partial charge in [0, 0.05) is 27.1 Å². The molecule has 0 aromatic heterocycles. The van der Waals surface area contributed by atoms with Crippen LogP contribution in [-0.2, 0) is 19.1 Å². The number of hydrogen-bond donors (Lipinski definition) is 1. The lowest BCUT2D eigenvalue weighted by atomic mass is 10.0. The summed E-state index contributed by atoms with van der Waals surface area (Å²) in [7, 11) is 3.20. The molecule has 1 heterocycles. The summed E-state index contributed by atoms with van der Waals surface area (Å²) < 4.78 is 5.80. The molecule has 168 valence electrons. The van der Waals surface area contributed by atoms with Gasteiger partial charge >= 0.3 is 0 Å². The van der Waals surface area contributed by atoms with Crippen molar-refractivity contribution in [1.82, 2.24) is 14.7 Å². The normalized spacial score (nSPS) is 16.6. The zero-order valence-electron chi connectivity index (χ0n) is 18.9. The van der Waals surface area contributed by atoms with E-state index in [9.17, 15) is 14.4 Å². The number of carbonyl (C=O) groups excluding carboxylic acids is 3. The molecule has 0 saturated carbocycles. The topological polar surface area (TPSA) is 96.2 Å². The van der Waals surface area contributed by atoms with Crippen LogP contribution in [0.2, 0.25) is 0 Å². The van der Waals surface area contributed by atoms with Crippen molar-refractivity contribution in [3.05, 3.63) is 0 Å². The highest BCUT2D eigenvalue weighted by atomic mass is 16.5. The minimum Gasteiger partial charge on any atom is -0.377 e. The van der Waals surface area contributed by atoms with E-state index < -0.39 is 18.0 Å². The third kappa shape index (κ3) is 8.30. The second-order valence-electron chi connectivity index (χ2n) is 8.39. The maximum absolute atomic E-state index is 13.2. The minimum atomic E-state index is -0.772. The molecule has 0 unspecified atom stereocenters. The molecule has 1 rings (SSSR count). The van der Waals surface area contributed by atoms with Gasteiger partial charge in [-0.3, -0.25) is 14.4 Å². The Kier molecular flexibility index (Phi) is 11.2. The first-order valence-electron chi connectivity index (χ1n) is 10.8. The molecule has 8 heteroatoms. The van der Waals surface area contributed by atoms with Crippen molar-refractivity contribution >= 4 is 17.7 Å². The Hall–Kier alpha value is -1.67. The maximum atomic E-state index is 13.2. The number of carbonyl (C=O) groups is 3. The molecule has 2 N–H and O–H groups in total. The molecular weight excluding hydrogens is 372 g/mol. The Morgan fingerprint density at radius 3 is 2.21 bits per heavy atom. The zero-order valence-corrected chi connectivity index (χ0v) is 18.9. The Balaban J connectivity index is 2.81. The van der Waals surface area contributed by atoms with Gasteiger partial charge in [-0.25, -0.2) is 0 Å². The Bertz CT molecular complexity index is 535. The van der Waals surface area contributed by atoms with Gasteiger partial charge in [-0.1, -0.05) is 20.8 Å². The quantitative estimate of drug-likeness (QED) is 0.457. The number of hydrogen-bond acceptors (Lipinski definition) is 5. The van der Waals surface area contributed by atoms with E-state index in [0.717, 1.165) is 19.6 Å². The van der Waals surface area contributed by atoms with E-state index in [2.05, 4.69) is 4.90 Å². The molecule has 29 heavy (non-hydrogen) atoms. The average Bonchev–Trinajstić information content (AvgIpc) is 3.18. The molecule has 8 nitrogen and oxygen atoms in total. The van der Waals surface area contributed by atoms with Crippen molar-refractivity contribution in [2.24, 2.45) is 11.7 Å². The van der Waals surface area contributed by atoms with E-state index in [1.54, 1.807) is 14.1 Å². The number of likely N-dealkylation sites (N-methyl/N-ethyl adjacent to an activating group) is 2. The number of likely N-dealkylation sites (tertiary alicyclic amines) is 1. The van der Waals surface area contributed by atoms with Crippen LogP contribution in [-0.4, -0.2) is 91.4 Å². The Morgan fingerprint density at radius 2 is 1.69 bits per heavy atom. The maximum Gasteiger partial charge on any atom is 0.248 e. The summed E-state index contributed by atoms with van der Waals surface area (Å²) >= 11 is 0. The highest BCUT2D eigenvalue weighted by Crippen LogP contribution is 2.14. The van der Waals surface area contributed by atoms with Gasteiger partial charge in [0.2, 0.25) is 17.7 Å². The number of ether oxygens (including phenoxy) is 1. The first-order valence-corrected chi connectivity index (χ1v) is 10.8. The number of primary amides is 1. The zero-order chi connectivity index (χ0) is 22.0. The lowest BCUT2D eigenvalue weighted by molar-refractivity contribution is -0.149. The fourth-order valence-electron chi connectivity index (χ4n) is 3.61. The molecule has 0 aliphatic carbocycles. The number of amides is 3. The number of rotatable bonds is 13. The molecule has 1 fully saturated rings. The van der Waals surface area contributed by atoms with Crippen LogP contribution in [0.25, 0.3) is 0 Å².